The Bertz CT molecular complexity index is 1240. The Labute approximate surface area is 209 Å². The van der Waals surface area contributed by atoms with Crippen molar-refractivity contribution in [3.05, 3.63) is 59.7 Å². The van der Waals surface area contributed by atoms with Crippen LogP contribution < -0.4 is 0 Å². The molecule has 8 fully saturated rings. The zero-order valence-corrected chi connectivity index (χ0v) is 21.0. The molecule has 0 radical (unpaired) electrons. The van der Waals surface area contributed by atoms with Crippen LogP contribution in [-0.2, 0) is 10.8 Å². The summed E-state index contributed by atoms with van der Waals surface area (Å²) in [6.07, 6.45) is 17.7. The summed E-state index contributed by atoms with van der Waals surface area (Å²) < 4.78 is 6.42. The summed E-state index contributed by atoms with van der Waals surface area (Å²) in [6, 6.07) is 19.1. The highest BCUT2D eigenvalue weighted by Crippen LogP contribution is 2.62. The molecule has 1 heterocycles. The second kappa shape index (κ2) is 6.84. The van der Waals surface area contributed by atoms with Crippen molar-refractivity contribution in [1.82, 2.24) is 0 Å². The van der Waals surface area contributed by atoms with Crippen molar-refractivity contribution in [3.63, 3.8) is 0 Å². The average Bonchev–Trinajstić information content (AvgIpc) is 3.26. The fourth-order valence-corrected chi connectivity index (χ4v) is 11.4. The number of hydrogen-bond donors (Lipinski definition) is 0. The lowest BCUT2D eigenvalue weighted by molar-refractivity contribution is -0.00528. The number of fused-ring (bicyclic) bond motifs is 1. The van der Waals surface area contributed by atoms with Crippen LogP contribution in [-0.4, -0.2) is 0 Å². The van der Waals surface area contributed by atoms with Crippen LogP contribution in [0.5, 0.6) is 0 Å². The van der Waals surface area contributed by atoms with Crippen molar-refractivity contribution in [3.8, 4) is 11.3 Å². The molecule has 11 rings (SSSR count). The van der Waals surface area contributed by atoms with Gasteiger partial charge in [-0.25, -0.2) is 0 Å². The van der Waals surface area contributed by atoms with E-state index in [1.54, 1.807) is 11.1 Å². The van der Waals surface area contributed by atoms with Crippen LogP contribution in [0.2, 0.25) is 0 Å². The van der Waals surface area contributed by atoms with Gasteiger partial charge in [-0.2, -0.15) is 0 Å². The van der Waals surface area contributed by atoms with Crippen LogP contribution in [0.15, 0.2) is 52.9 Å². The fourth-order valence-electron chi connectivity index (χ4n) is 11.4. The van der Waals surface area contributed by atoms with Gasteiger partial charge in [-0.05, 0) is 153 Å². The molecule has 8 bridgehead atoms. The molecule has 180 valence electrons. The van der Waals surface area contributed by atoms with Crippen molar-refractivity contribution in [2.75, 3.05) is 0 Å². The first-order valence-electron chi connectivity index (χ1n) is 14.8. The van der Waals surface area contributed by atoms with Gasteiger partial charge in [-0.15, -0.1) is 0 Å². The summed E-state index contributed by atoms with van der Waals surface area (Å²) in [5.41, 5.74) is 6.45. The Morgan fingerprint density at radius 3 is 1.49 bits per heavy atom. The van der Waals surface area contributed by atoms with Gasteiger partial charge in [0.2, 0.25) is 0 Å². The van der Waals surface area contributed by atoms with Crippen LogP contribution in [0.1, 0.15) is 88.2 Å². The first-order valence-corrected chi connectivity index (χ1v) is 14.8. The fraction of sp³-hybridized carbons (Fsp3) is 0.588. The molecule has 8 aliphatic rings. The molecule has 1 heteroatoms. The summed E-state index contributed by atoms with van der Waals surface area (Å²) in [5.74, 6) is 7.01. The molecule has 8 aliphatic carbocycles. The SMILES string of the molecule is c1cc(C23CC4CC(CC(C4)C2)C3)ccc1-c1cc2cc(C34CC5CC(CC(C5)C3)C4)ccc2o1. The summed E-state index contributed by atoms with van der Waals surface area (Å²) in [6.45, 7) is 0. The van der Waals surface area contributed by atoms with Gasteiger partial charge >= 0.3 is 0 Å². The molecule has 0 unspecified atom stereocenters. The van der Waals surface area contributed by atoms with Gasteiger partial charge < -0.3 is 4.42 Å². The molecular weight excluding hydrogens is 424 g/mol. The monoisotopic (exact) mass is 462 g/mol. The minimum Gasteiger partial charge on any atom is -0.456 e. The van der Waals surface area contributed by atoms with Crippen LogP contribution >= 0.6 is 0 Å². The van der Waals surface area contributed by atoms with Crippen molar-refractivity contribution < 1.29 is 4.42 Å². The molecule has 0 atom stereocenters. The van der Waals surface area contributed by atoms with Crippen LogP contribution in [0.25, 0.3) is 22.3 Å². The summed E-state index contributed by atoms with van der Waals surface area (Å²) in [4.78, 5) is 0. The van der Waals surface area contributed by atoms with Gasteiger partial charge in [0, 0.05) is 10.9 Å². The maximum atomic E-state index is 6.42. The molecule has 0 spiro atoms. The van der Waals surface area contributed by atoms with Gasteiger partial charge in [0.25, 0.3) is 0 Å². The summed E-state index contributed by atoms with van der Waals surface area (Å²) >= 11 is 0. The standard InChI is InChI=1S/C34H38O/c1-3-29(33-15-21-7-22(16-33)9-23(8-21)17-33)4-2-27(1)32-14-28-13-30(5-6-31(28)35-32)34-18-24-10-25(19-34)12-26(11-24)20-34/h1-6,13-14,21-26H,7-12,15-20H2. The van der Waals surface area contributed by atoms with Crippen molar-refractivity contribution in [2.45, 2.75) is 87.9 Å². The van der Waals surface area contributed by atoms with E-state index < -0.39 is 0 Å². The molecule has 2 aromatic carbocycles. The smallest absolute Gasteiger partial charge is 0.135 e. The van der Waals surface area contributed by atoms with Crippen LogP contribution in [0.3, 0.4) is 0 Å². The zero-order valence-electron chi connectivity index (χ0n) is 21.0. The Hall–Kier alpha value is -2.02. The average molecular weight is 463 g/mol. The van der Waals surface area contributed by atoms with Gasteiger partial charge in [-0.3, -0.25) is 0 Å². The predicted molar refractivity (Wildman–Crippen MR) is 141 cm³/mol. The van der Waals surface area contributed by atoms with Gasteiger partial charge in [0.15, 0.2) is 0 Å². The molecule has 0 N–H and O–H groups in total. The number of benzene rings is 2. The first kappa shape index (κ1) is 20.1. The second-order valence-electron chi connectivity index (χ2n) is 14.3. The Morgan fingerprint density at radius 2 is 0.971 bits per heavy atom. The molecule has 3 aromatic rings. The van der Waals surface area contributed by atoms with E-state index in [2.05, 4.69) is 48.5 Å². The maximum Gasteiger partial charge on any atom is 0.135 e. The third kappa shape index (κ3) is 2.93. The van der Waals surface area contributed by atoms with E-state index in [1.165, 1.54) is 88.0 Å². The van der Waals surface area contributed by atoms with Crippen molar-refractivity contribution >= 4 is 11.0 Å². The second-order valence-corrected chi connectivity index (χ2v) is 14.3. The van der Waals surface area contributed by atoms with E-state index in [0.717, 1.165) is 46.9 Å². The number of hydrogen-bond acceptors (Lipinski definition) is 1. The molecular formula is C34H38O. The third-order valence-corrected chi connectivity index (χ3v) is 12.0. The minimum absolute atomic E-state index is 0.458. The lowest BCUT2D eigenvalue weighted by Crippen LogP contribution is -2.48. The highest BCUT2D eigenvalue weighted by molar-refractivity contribution is 5.83. The van der Waals surface area contributed by atoms with E-state index >= 15 is 0 Å². The Balaban J connectivity index is 1.03. The maximum absolute atomic E-state index is 6.42. The molecule has 1 aromatic heterocycles. The Kier molecular flexibility index (Phi) is 3.93. The lowest BCUT2D eigenvalue weighted by atomic mass is 9.48. The van der Waals surface area contributed by atoms with Crippen molar-refractivity contribution in [1.29, 1.82) is 0 Å². The van der Waals surface area contributed by atoms with Crippen LogP contribution in [0.4, 0.5) is 0 Å². The number of furan rings is 1. The molecule has 35 heavy (non-hydrogen) atoms. The molecule has 1 nitrogen and oxygen atoms in total. The van der Waals surface area contributed by atoms with Gasteiger partial charge in [0.1, 0.15) is 11.3 Å². The van der Waals surface area contributed by atoms with Gasteiger partial charge in [0.05, 0.1) is 0 Å². The molecule has 8 saturated carbocycles. The topological polar surface area (TPSA) is 13.1 Å². The zero-order chi connectivity index (χ0) is 22.8. The summed E-state index contributed by atoms with van der Waals surface area (Å²) in [5, 5.41) is 1.30. The first-order chi connectivity index (χ1) is 17.1. The quantitative estimate of drug-likeness (QED) is 0.378. The molecule has 0 saturated heterocycles. The normalized spacial score (nSPS) is 42.9. The number of rotatable bonds is 3. The highest BCUT2D eigenvalue weighted by atomic mass is 16.3. The van der Waals surface area contributed by atoms with E-state index in [-0.39, 0.29) is 0 Å². The molecule has 0 aliphatic heterocycles. The van der Waals surface area contributed by atoms with Crippen molar-refractivity contribution in [2.24, 2.45) is 35.5 Å². The predicted octanol–water partition coefficient (Wildman–Crippen LogP) is 9.04. The minimum atomic E-state index is 0.458. The van der Waals surface area contributed by atoms with E-state index in [1.807, 2.05) is 0 Å². The lowest BCUT2D eigenvalue weighted by Gasteiger charge is -2.57. The molecule has 0 amide bonds. The van der Waals surface area contributed by atoms with Gasteiger partial charge in [-0.1, -0.05) is 30.3 Å². The van der Waals surface area contributed by atoms with E-state index in [4.69, 9.17) is 4.42 Å². The van der Waals surface area contributed by atoms with E-state index in [0.29, 0.717) is 10.8 Å². The largest absolute Gasteiger partial charge is 0.456 e. The third-order valence-electron chi connectivity index (χ3n) is 12.0. The summed E-state index contributed by atoms with van der Waals surface area (Å²) in [7, 11) is 0. The van der Waals surface area contributed by atoms with E-state index in [9.17, 15) is 0 Å². The Morgan fingerprint density at radius 1 is 0.514 bits per heavy atom. The highest BCUT2D eigenvalue weighted by Gasteiger charge is 2.52. The van der Waals surface area contributed by atoms with Crippen LogP contribution in [0, 0.1) is 35.5 Å².